The SMILES string of the molecule is O=[N+]([O-])c1ccc(/C=N/N2CC[NH+](Cc3ccccc3Cl)CC2)cc1. The van der Waals surface area contributed by atoms with Gasteiger partial charge in [-0.15, -0.1) is 0 Å². The highest BCUT2D eigenvalue weighted by molar-refractivity contribution is 6.31. The second-order valence-corrected chi connectivity index (χ2v) is 6.47. The molecule has 1 heterocycles. The molecule has 0 amide bonds. The van der Waals surface area contributed by atoms with Crippen molar-refractivity contribution in [1.29, 1.82) is 0 Å². The Morgan fingerprint density at radius 3 is 2.48 bits per heavy atom. The lowest BCUT2D eigenvalue weighted by Gasteiger charge is -2.30. The number of piperazine rings is 1. The van der Waals surface area contributed by atoms with Crippen molar-refractivity contribution in [3.05, 3.63) is 74.8 Å². The minimum atomic E-state index is -0.401. The number of nitrogens with zero attached hydrogens (tertiary/aromatic N) is 3. The maximum absolute atomic E-state index is 10.7. The summed E-state index contributed by atoms with van der Waals surface area (Å²) < 4.78 is 0. The van der Waals surface area contributed by atoms with Crippen LogP contribution < -0.4 is 4.90 Å². The van der Waals surface area contributed by atoms with Crippen LogP contribution in [0.5, 0.6) is 0 Å². The largest absolute Gasteiger partial charge is 0.328 e. The Bertz CT molecular complexity index is 756. The predicted molar refractivity (Wildman–Crippen MR) is 98.1 cm³/mol. The van der Waals surface area contributed by atoms with Crippen LogP contribution in [-0.2, 0) is 6.54 Å². The zero-order chi connectivity index (χ0) is 17.6. The molecule has 6 nitrogen and oxygen atoms in total. The van der Waals surface area contributed by atoms with E-state index in [4.69, 9.17) is 11.6 Å². The van der Waals surface area contributed by atoms with Gasteiger partial charge in [0.05, 0.1) is 37.3 Å². The van der Waals surface area contributed by atoms with Crippen molar-refractivity contribution in [3.63, 3.8) is 0 Å². The standard InChI is InChI=1S/C18H19ClN4O2/c19-18-4-2-1-3-16(18)14-21-9-11-22(12-10-21)20-13-15-5-7-17(8-6-15)23(24)25/h1-8,13H,9-12,14H2/p+1/b20-13+. The van der Waals surface area contributed by atoms with Gasteiger partial charge >= 0.3 is 0 Å². The van der Waals surface area contributed by atoms with Crippen LogP contribution in [0.2, 0.25) is 5.02 Å². The zero-order valence-electron chi connectivity index (χ0n) is 13.8. The number of benzene rings is 2. The molecule has 1 N–H and O–H groups in total. The Morgan fingerprint density at radius 2 is 1.84 bits per heavy atom. The van der Waals surface area contributed by atoms with Gasteiger partial charge in [0, 0.05) is 22.7 Å². The van der Waals surface area contributed by atoms with Crippen molar-refractivity contribution >= 4 is 23.5 Å². The minimum Gasteiger partial charge on any atom is -0.328 e. The van der Waals surface area contributed by atoms with Crippen molar-refractivity contribution < 1.29 is 9.82 Å². The van der Waals surface area contributed by atoms with Crippen molar-refractivity contribution in [1.82, 2.24) is 5.01 Å². The molecule has 0 spiro atoms. The molecule has 0 saturated carbocycles. The van der Waals surface area contributed by atoms with Gasteiger partial charge in [-0.2, -0.15) is 5.10 Å². The van der Waals surface area contributed by atoms with Crippen molar-refractivity contribution in [2.45, 2.75) is 6.54 Å². The highest BCUT2D eigenvalue weighted by Gasteiger charge is 2.19. The van der Waals surface area contributed by atoms with Gasteiger partial charge in [0.2, 0.25) is 0 Å². The van der Waals surface area contributed by atoms with Crippen LogP contribution in [0.3, 0.4) is 0 Å². The molecule has 2 aromatic rings. The summed E-state index contributed by atoms with van der Waals surface area (Å²) in [7, 11) is 0. The van der Waals surface area contributed by atoms with Crippen molar-refractivity contribution in [2.24, 2.45) is 5.10 Å². The van der Waals surface area contributed by atoms with Crippen molar-refractivity contribution in [2.75, 3.05) is 26.2 Å². The summed E-state index contributed by atoms with van der Waals surface area (Å²) in [4.78, 5) is 11.7. The fourth-order valence-corrected chi connectivity index (χ4v) is 3.05. The Balaban J connectivity index is 1.50. The lowest BCUT2D eigenvalue weighted by atomic mass is 10.2. The van der Waals surface area contributed by atoms with Gasteiger partial charge in [0.1, 0.15) is 6.54 Å². The number of nitro benzene ring substituents is 1. The van der Waals surface area contributed by atoms with Crippen LogP contribution in [-0.4, -0.2) is 42.3 Å². The normalized spacial score (nSPS) is 15.6. The van der Waals surface area contributed by atoms with E-state index in [9.17, 15) is 10.1 Å². The third-order valence-electron chi connectivity index (χ3n) is 4.32. The number of hydrogen-bond donors (Lipinski definition) is 1. The van der Waals surface area contributed by atoms with Crippen molar-refractivity contribution in [3.8, 4) is 0 Å². The van der Waals surface area contributed by atoms with E-state index in [0.29, 0.717) is 0 Å². The van der Waals surface area contributed by atoms with Gasteiger partial charge in [-0.3, -0.25) is 15.1 Å². The first-order valence-electron chi connectivity index (χ1n) is 8.22. The van der Waals surface area contributed by atoms with Crippen LogP contribution in [0, 0.1) is 10.1 Å². The summed E-state index contributed by atoms with van der Waals surface area (Å²) >= 11 is 6.23. The van der Waals surface area contributed by atoms with Gasteiger partial charge < -0.3 is 4.90 Å². The number of nitrogens with one attached hydrogen (secondary N) is 1. The fourth-order valence-electron chi connectivity index (χ4n) is 2.84. The number of halogens is 1. The molecule has 130 valence electrons. The summed E-state index contributed by atoms with van der Waals surface area (Å²) in [6, 6.07) is 14.4. The highest BCUT2D eigenvalue weighted by atomic mass is 35.5. The quantitative estimate of drug-likeness (QED) is 0.504. The molecule has 0 atom stereocenters. The maximum Gasteiger partial charge on any atom is 0.269 e. The Kier molecular flexibility index (Phi) is 5.63. The first-order valence-corrected chi connectivity index (χ1v) is 8.60. The summed E-state index contributed by atoms with van der Waals surface area (Å²) in [6.45, 7) is 4.69. The molecule has 25 heavy (non-hydrogen) atoms. The number of quaternary nitrogens is 1. The summed E-state index contributed by atoms with van der Waals surface area (Å²) in [5, 5.41) is 18.0. The zero-order valence-corrected chi connectivity index (χ0v) is 14.5. The average Bonchev–Trinajstić information content (AvgIpc) is 2.63. The van der Waals surface area contributed by atoms with Gasteiger partial charge in [-0.1, -0.05) is 29.8 Å². The van der Waals surface area contributed by atoms with Crippen LogP contribution in [0.1, 0.15) is 11.1 Å². The van der Waals surface area contributed by atoms with E-state index in [0.717, 1.165) is 43.3 Å². The molecule has 1 fully saturated rings. The first kappa shape index (κ1) is 17.4. The average molecular weight is 360 g/mol. The molecule has 0 aromatic heterocycles. The lowest BCUT2D eigenvalue weighted by Crippen LogP contribution is -3.13. The van der Waals surface area contributed by atoms with E-state index in [1.165, 1.54) is 22.6 Å². The molecule has 1 aliphatic rings. The van der Waals surface area contributed by atoms with E-state index >= 15 is 0 Å². The third-order valence-corrected chi connectivity index (χ3v) is 4.69. The van der Waals surface area contributed by atoms with Crippen LogP contribution in [0.25, 0.3) is 0 Å². The number of non-ortho nitro benzene ring substituents is 1. The highest BCUT2D eigenvalue weighted by Crippen LogP contribution is 2.13. The second kappa shape index (κ2) is 8.09. The number of hydrogen-bond acceptors (Lipinski definition) is 4. The smallest absolute Gasteiger partial charge is 0.269 e. The monoisotopic (exact) mass is 359 g/mol. The minimum absolute atomic E-state index is 0.0916. The third kappa shape index (κ3) is 4.78. The molecular weight excluding hydrogens is 340 g/mol. The van der Waals surface area contributed by atoms with Gasteiger partial charge in [-0.05, 0) is 23.8 Å². The Morgan fingerprint density at radius 1 is 1.16 bits per heavy atom. The summed E-state index contributed by atoms with van der Waals surface area (Å²) in [5.74, 6) is 0. The van der Waals surface area contributed by atoms with E-state index in [-0.39, 0.29) is 5.69 Å². The summed E-state index contributed by atoms with van der Waals surface area (Å²) in [5.41, 5.74) is 2.13. The predicted octanol–water partition coefficient (Wildman–Crippen LogP) is 1.98. The molecule has 0 aliphatic carbocycles. The van der Waals surface area contributed by atoms with Crippen LogP contribution in [0.15, 0.2) is 53.6 Å². The van der Waals surface area contributed by atoms with E-state index in [1.807, 2.05) is 23.2 Å². The van der Waals surface area contributed by atoms with Gasteiger partial charge in [-0.25, -0.2) is 0 Å². The summed E-state index contributed by atoms with van der Waals surface area (Å²) in [6.07, 6.45) is 1.75. The second-order valence-electron chi connectivity index (χ2n) is 6.07. The molecular formula is C18H20ClN4O2+. The van der Waals surface area contributed by atoms with Crippen LogP contribution >= 0.6 is 11.6 Å². The fraction of sp³-hybridized carbons (Fsp3) is 0.278. The number of rotatable bonds is 5. The van der Waals surface area contributed by atoms with E-state index < -0.39 is 4.92 Å². The number of nitro groups is 1. The van der Waals surface area contributed by atoms with Gasteiger partial charge in [0.15, 0.2) is 0 Å². The van der Waals surface area contributed by atoms with E-state index in [2.05, 4.69) is 11.2 Å². The Labute approximate surface area is 151 Å². The molecule has 1 saturated heterocycles. The molecule has 0 unspecified atom stereocenters. The topological polar surface area (TPSA) is 63.2 Å². The molecule has 0 radical (unpaired) electrons. The molecule has 7 heteroatoms. The molecule has 0 bridgehead atoms. The Hall–Kier alpha value is -2.44. The van der Waals surface area contributed by atoms with Crippen LogP contribution in [0.4, 0.5) is 5.69 Å². The number of hydrazone groups is 1. The van der Waals surface area contributed by atoms with E-state index in [1.54, 1.807) is 18.3 Å². The maximum atomic E-state index is 10.7. The van der Waals surface area contributed by atoms with Gasteiger partial charge in [0.25, 0.3) is 5.69 Å². The molecule has 3 rings (SSSR count). The molecule has 2 aromatic carbocycles. The lowest BCUT2D eigenvalue weighted by molar-refractivity contribution is -0.918. The molecule has 1 aliphatic heterocycles. The first-order chi connectivity index (χ1) is 12.1.